The third-order valence-electron chi connectivity index (χ3n) is 14.0. The number of hydrogen-bond acceptors (Lipinski definition) is 6. The lowest BCUT2D eigenvalue weighted by molar-refractivity contribution is -0.115. The van der Waals surface area contributed by atoms with E-state index in [1.54, 1.807) is 0 Å². The summed E-state index contributed by atoms with van der Waals surface area (Å²) in [6, 6.07) is 36.6. The zero-order valence-electron chi connectivity index (χ0n) is 35.4. The van der Waals surface area contributed by atoms with Crippen LogP contribution < -0.4 is 0 Å². The van der Waals surface area contributed by atoms with E-state index in [4.69, 9.17) is 14.2 Å². The lowest BCUT2D eigenvalue weighted by Gasteiger charge is -2.21. The molecular weight excluding hydrogens is 757 g/mol. The fraction of sp³-hybridized carbons (Fsp3) is 0.255. The summed E-state index contributed by atoms with van der Waals surface area (Å²) in [6.45, 7) is 16.5. The highest BCUT2D eigenvalue weighted by Crippen LogP contribution is 2.48. The van der Waals surface area contributed by atoms with Gasteiger partial charge in [-0.15, -0.1) is 0 Å². The number of ketones is 3. The number of hydrogen-bond donors (Lipinski definition) is 0. The van der Waals surface area contributed by atoms with Crippen LogP contribution in [-0.4, -0.2) is 35.7 Å². The Hall–Kier alpha value is -6.53. The molecule has 0 N–H and O–H groups in total. The van der Waals surface area contributed by atoms with Crippen molar-refractivity contribution >= 4 is 66.9 Å². The van der Waals surface area contributed by atoms with Crippen molar-refractivity contribution in [1.82, 2.24) is 0 Å². The van der Waals surface area contributed by atoms with Crippen LogP contribution in [0.3, 0.4) is 0 Å². The zero-order chi connectivity index (χ0) is 42.4. The molecule has 0 saturated heterocycles. The summed E-state index contributed by atoms with van der Waals surface area (Å²) in [6.07, 6.45) is 1.32. The Morgan fingerprint density at radius 1 is 0.459 bits per heavy atom. The van der Waals surface area contributed by atoms with Crippen LogP contribution in [0.2, 0.25) is 0 Å². The van der Waals surface area contributed by atoms with Gasteiger partial charge in [0, 0.05) is 75.1 Å². The Balaban J connectivity index is 0.000000110. The Labute approximate surface area is 356 Å². The molecule has 0 amide bonds. The van der Waals surface area contributed by atoms with Gasteiger partial charge >= 0.3 is 0 Å². The Bertz CT molecular complexity index is 3030. The second-order valence-electron chi connectivity index (χ2n) is 17.4. The summed E-state index contributed by atoms with van der Waals surface area (Å²) < 4.78 is 18.0. The molecule has 6 nitrogen and oxygen atoms in total. The molecule has 3 heterocycles. The highest BCUT2D eigenvalue weighted by Gasteiger charge is 2.42. The molecule has 0 radical (unpaired) electrons. The lowest BCUT2D eigenvalue weighted by Crippen LogP contribution is -2.19. The van der Waals surface area contributed by atoms with Crippen LogP contribution in [0.4, 0.5) is 0 Å². The first-order chi connectivity index (χ1) is 29.4. The maximum Gasteiger partial charge on any atom is 0.194 e. The number of Topliss-reactive ketones (excluding diaryl/α,β-unsaturated/α-hetero) is 3. The topological polar surface area (TPSA) is 78.9 Å². The number of ether oxygens (including phenoxy) is 3. The van der Waals surface area contributed by atoms with Crippen LogP contribution in [0, 0.1) is 17.8 Å². The van der Waals surface area contributed by atoms with Gasteiger partial charge in [0.05, 0.1) is 0 Å². The van der Waals surface area contributed by atoms with E-state index in [2.05, 4.69) is 70.7 Å². The molecule has 12 rings (SSSR count). The normalized spacial score (nSPS) is 24.4. The molecule has 61 heavy (non-hydrogen) atoms. The SMILES string of the molecule is C=C1C(=O)c2c(ccc3ccccc23)C2=C1C(C)C(C)O2.CC1OC2=C(C(=O)Cc3c2ccc2ccccc32)C1C.CC1OC2=C(CC(=O)c3c2ccc2ccccc32)C1C. The lowest BCUT2D eigenvalue weighted by atomic mass is 9.80. The van der Waals surface area contributed by atoms with Crippen LogP contribution >= 0.6 is 0 Å². The molecule has 0 fully saturated rings. The average molecular weight is 805 g/mol. The molecule has 3 aliphatic carbocycles. The van der Waals surface area contributed by atoms with Crippen molar-refractivity contribution in [3.8, 4) is 0 Å². The van der Waals surface area contributed by atoms with Crippen molar-refractivity contribution in [2.45, 2.75) is 72.7 Å². The van der Waals surface area contributed by atoms with Gasteiger partial charge in [0.25, 0.3) is 0 Å². The van der Waals surface area contributed by atoms with Crippen molar-refractivity contribution in [2.24, 2.45) is 17.8 Å². The largest absolute Gasteiger partial charge is 0.489 e. The third-order valence-corrected chi connectivity index (χ3v) is 14.0. The van der Waals surface area contributed by atoms with Gasteiger partial charge in [-0.25, -0.2) is 0 Å². The summed E-state index contributed by atoms with van der Waals surface area (Å²) in [5, 5.41) is 6.55. The van der Waals surface area contributed by atoms with Gasteiger partial charge in [0.2, 0.25) is 0 Å². The molecule has 0 aromatic heterocycles. The van der Waals surface area contributed by atoms with E-state index in [1.807, 2.05) is 86.6 Å². The van der Waals surface area contributed by atoms with Crippen molar-refractivity contribution in [1.29, 1.82) is 0 Å². The molecule has 6 heteroatoms. The molecule has 3 aliphatic heterocycles. The third kappa shape index (κ3) is 6.01. The fourth-order valence-corrected chi connectivity index (χ4v) is 10.1. The standard InChI is InChI=1S/C19H16O2.2C18H16O2/c1-10-12(3)21-19-15-9-8-13-6-4-5-7-14(13)17(15)18(20)11(2)16(10)19;1-10-11(2)20-18-14-8-7-12-5-3-4-6-13(12)15(14)9-16(19)17(10)18;1-10-11(2)20-18-14-8-7-12-5-3-4-6-13(12)17(14)16(19)9-15(10)18/h4-10,12H,2H2,1,3H3;2*3-8,10-11H,9H2,1-2H3. The van der Waals surface area contributed by atoms with E-state index in [1.165, 1.54) is 16.3 Å². The molecule has 6 atom stereocenters. The van der Waals surface area contributed by atoms with Crippen molar-refractivity contribution in [3.63, 3.8) is 0 Å². The highest BCUT2D eigenvalue weighted by molar-refractivity contribution is 6.23. The van der Waals surface area contributed by atoms with Crippen LogP contribution in [-0.2, 0) is 25.4 Å². The first-order valence-corrected chi connectivity index (χ1v) is 21.5. The Morgan fingerprint density at radius 3 is 1.54 bits per heavy atom. The summed E-state index contributed by atoms with van der Waals surface area (Å²) in [4.78, 5) is 37.9. The number of benzene rings is 6. The van der Waals surface area contributed by atoms with Crippen LogP contribution in [0.15, 0.2) is 138 Å². The predicted octanol–water partition coefficient (Wildman–Crippen LogP) is 12.3. The smallest absolute Gasteiger partial charge is 0.194 e. The van der Waals surface area contributed by atoms with Crippen LogP contribution in [0.25, 0.3) is 49.6 Å². The minimum absolute atomic E-state index is 0.0325. The van der Waals surface area contributed by atoms with Gasteiger partial charge in [-0.3, -0.25) is 14.4 Å². The van der Waals surface area contributed by atoms with Gasteiger partial charge in [0.15, 0.2) is 17.3 Å². The summed E-state index contributed by atoms with van der Waals surface area (Å²) in [7, 11) is 0. The van der Waals surface area contributed by atoms with E-state index >= 15 is 0 Å². The van der Waals surface area contributed by atoms with Crippen molar-refractivity contribution in [2.75, 3.05) is 0 Å². The predicted molar refractivity (Wildman–Crippen MR) is 243 cm³/mol. The molecule has 0 bridgehead atoms. The van der Waals surface area contributed by atoms with E-state index in [0.717, 1.165) is 83.3 Å². The van der Waals surface area contributed by atoms with Gasteiger partial charge < -0.3 is 14.2 Å². The monoisotopic (exact) mass is 804 g/mol. The number of allylic oxidation sites excluding steroid dienone is 1. The number of carbonyl (C=O) groups excluding carboxylic acids is 3. The Kier molecular flexibility index (Phi) is 9.24. The first kappa shape index (κ1) is 38.7. The highest BCUT2D eigenvalue weighted by atomic mass is 16.5. The average Bonchev–Trinajstić information content (AvgIpc) is 3.87. The molecule has 6 aromatic rings. The zero-order valence-corrected chi connectivity index (χ0v) is 35.4. The second-order valence-corrected chi connectivity index (χ2v) is 17.4. The molecule has 6 unspecified atom stereocenters. The molecule has 304 valence electrons. The maximum absolute atomic E-state index is 12.8. The summed E-state index contributed by atoms with van der Waals surface area (Å²) in [5.41, 5.74) is 9.32. The van der Waals surface area contributed by atoms with Crippen LogP contribution in [0.5, 0.6) is 0 Å². The van der Waals surface area contributed by atoms with Gasteiger partial charge in [-0.1, -0.05) is 124 Å². The minimum atomic E-state index is 0.0325. The van der Waals surface area contributed by atoms with E-state index in [0.29, 0.717) is 24.3 Å². The molecule has 0 spiro atoms. The van der Waals surface area contributed by atoms with Crippen molar-refractivity contribution in [3.05, 3.63) is 171 Å². The van der Waals surface area contributed by atoms with Crippen molar-refractivity contribution < 1.29 is 28.6 Å². The first-order valence-electron chi connectivity index (χ1n) is 21.5. The van der Waals surface area contributed by atoms with E-state index < -0.39 is 0 Å². The van der Waals surface area contributed by atoms with Gasteiger partial charge in [0.1, 0.15) is 35.6 Å². The van der Waals surface area contributed by atoms with Crippen LogP contribution in [0.1, 0.15) is 90.9 Å². The molecule has 0 saturated carbocycles. The fourth-order valence-electron chi connectivity index (χ4n) is 10.1. The minimum Gasteiger partial charge on any atom is -0.489 e. The Morgan fingerprint density at radius 2 is 0.918 bits per heavy atom. The molecular formula is C55H48O6. The second kappa shape index (κ2) is 14.6. The molecule has 6 aliphatic rings. The molecule has 6 aromatic carbocycles. The van der Waals surface area contributed by atoms with Gasteiger partial charge in [-0.05, 0) is 76.4 Å². The van der Waals surface area contributed by atoms with E-state index in [-0.39, 0.29) is 47.5 Å². The number of fused-ring (bicyclic) bond motifs is 12. The summed E-state index contributed by atoms with van der Waals surface area (Å²) in [5.74, 6) is 3.82. The number of rotatable bonds is 0. The van der Waals surface area contributed by atoms with E-state index in [9.17, 15) is 14.4 Å². The summed E-state index contributed by atoms with van der Waals surface area (Å²) >= 11 is 0. The van der Waals surface area contributed by atoms with Gasteiger partial charge in [-0.2, -0.15) is 0 Å². The number of carbonyl (C=O) groups is 3. The quantitative estimate of drug-likeness (QED) is 0.142. The maximum atomic E-state index is 12.8.